The van der Waals surface area contributed by atoms with E-state index >= 15 is 0 Å². The molecule has 3 heterocycles. The predicted octanol–water partition coefficient (Wildman–Crippen LogP) is 16.1. The summed E-state index contributed by atoms with van der Waals surface area (Å²) in [4.78, 5) is 4.97. The van der Waals surface area contributed by atoms with E-state index in [1.807, 2.05) is 17.8 Å². The zero-order chi connectivity index (χ0) is 41.2. The molecule has 2 aliphatic rings. The molecular weight excluding hydrogens is 785 g/mol. The number of furan rings is 1. The Balaban J connectivity index is 1.00. The van der Waals surface area contributed by atoms with Crippen LogP contribution in [0, 0.1) is 0 Å². The van der Waals surface area contributed by atoms with E-state index in [2.05, 4.69) is 222 Å². The van der Waals surface area contributed by atoms with Gasteiger partial charge in [0.2, 0.25) is 0 Å². The summed E-state index contributed by atoms with van der Waals surface area (Å²) in [6.45, 7) is 0. The van der Waals surface area contributed by atoms with E-state index in [9.17, 15) is 0 Å². The van der Waals surface area contributed by atoms with Crippen LogP contribution in [0.2, 0.25) is 0 Å². The van der Waals surface area contributed by atoms with Gasteiger partial charge >= 0.3 is 0 Å². The molecule has 3 nitrogen and oxygen atoms in total. The van der Waals surface area contributed by atoms with Crippen molar-refractivity contribution in [2.24, 2.45) is 0 Å². The second-order valence-electron chi connectivity index (χ2n) is 16.8. The van der Waals surface area contributed by atoms with Gasteiger partial charge in [-0.15, -0.1) is 0 Å². The van der Waals surface area contributed by atoms with Crippen LogP contribution >= 0.6 is 11.8 Å². The van der Waals surface area contributed by atoms with Crippen LogP contribution in [0.1, 0.15) is 22.3 Å². The van der Waals surface area contributed by atoms with E-state index in [1.54, 1.807) is 0 Å². The first-order chi connectivity index (χ1) is 31.3. The number of anilines is 3. The SMILES string of the molecule is c1ccc(N(c2ccc3c(c2)Sc2ccccc2C32c3ccccc3-c3cccc4cccc2c34)c2ccc3c(c2)c2ccccc2n3-c2cccc3oc4ccccc4c23)cc1. The number of hydrogen-bond acceptors (Lipinski definition) is 3. The zero-order valence-corrected chi connectivity index (χ0v) is 34.8. The molecule has 294 valence electrons. The van der Waals surface area contributed by atoms with Crippen LogP contribution in [-0.2, 0) is 5.41 Å². The number of aromatic nitrogens is 1. The first kappa shape index (κ1) is 34.9. The zero-order valence-electron chi connectivity index (χ0n) is 34.0. The van der Waals surface area contributed by atoms with Crippen molar-refractivity contribution in [3.8, 4) is 16.8 Å². The van der Waals surface area contributed by atoms with Crippen molar-refractivity contribution >= 4 is 83.3 Å². The lowest BCUT2D eigenvalue weighted by Gasteiger charge is -2.46. The molecule has 63 heavy (non-hydrogen) atoms. The maximum absolute atomic E-state index is 6.39. The van der Waals surface area contributed by atoms with Gasteiger partial charge in [-0.1, -0.05) is 157 Å². The molecule has 1 unspecified atom stereocenters. The third-order valence-corrected chi connectivity index (χ3v) is 14.8. The van der Waals surface area contributed by atoms with Crippen molar-refractivity contribution in [2.75, 3.05) is 4.90 Å². The Hall–Kier alpha value is -7.79. The first-order valence-corrected chi connectivity index (χ1v) is 22.4. The van der Waals surface area contributed by atoms with Crippen molar-refractivity contribution in [1.82, 2.24) is 4.57 Å². The van der Waals surface area contributed by atoms with E-state index in [4.69, 9.17) is 4.42 Å². The van der Waals surface area contributed by atoms with Gasteiger partial charge in [0.1, 0.15) is 11.2 Å². The summed E-state index contributed by atoms with van der Waals surface area (Å²) in [7, 11) is 0. The summed E-state index contributed by atoms with van der Waals surface area (Å²) in [5, 5.41) is 7.25. The second-order valence-corrected chi connectivity index (χ2v) is 17.8. The van der Waals surface area contributed by atoms with E-state index in [-0.39, 0.29) is 0 Å². The number of benzene rings is 10. The third kappa shape index (κ3) is 4.76. The maximum Gasteiger partial charge on any atom is 0.137 e. The van der Waals surface area contributed by atoms with Crippen molar-refractivity contribution in [3.05, 3.63) is 241 Å². The molecule has 0 saturated carbocycles. The Morgan fingerprint density at radius 3 is 1.97 bits per heavy atom. The molecule has 1 spiro atoms. The second kappa shape index (κ2) is 13.1. The maximum atomic E-state index is 6.39. The Kier molecular flexibility index (Phi) is 7.26. The highest BCUT2D eigenvalue weighted by Crippen LogP contribution is 2.61. The van der Waals surface area contributed by atoms with Crippen LogP contribution in [0.15, 0.2) is 233 Å². The lowest BCUT2D eigenvalue weighted by Crippen LogP contribution is -2.36. The molecule has 0 bridgehead atoms. The Labute approximate surface area is 368 Å². The fraction of sp³-hybridized carbons (Fsp3) is 0.0169. The van der Waals surface area contributed by atoms with Gasteiger partial charge in [-0.25, -0.2) is 0 Å². The summed E-state index contributed by atoms with van der Waals surface area (Å²) < 4.78 is 8.80. The fourth-order valence-electron chi connectivity index (χ4n) is 11.1. The molecule has 1 aliphatic carbocycles. The van der Waals surface area contributed by atoms with E-state index in [0.717, 1.165) is 55.7 Å². The van der Waals surface area contributed by atoms with Crippen molar-refractivity contribution in [1.29, 1.82) is 0 Å². The van der Waals surface area contributed by atoms with Gasteiger partial charge < -0.3 is 13.9 Å². The average Bonchev–Trinajstić information content (AvgIpc) is 3.89. The van der Waals surface area contributed by atoms with Crippen LogP contribution in [0.3, 0.4) is 0 Å². The monoisotopic (exact) mass is 820 g/mol. The van der Waals surface area contributed by atoms with Crippen LogP contribution in [-0.4, -0.2) is 4.57 Å². The highest BCUT2D eigenvalue weighted by atomic mass is 32.2. The minimum atomic E-state index is -0.498. The molecule has 10 aromatic carbocycles. The summed E-state index contributed by atoms with van der Waals surface area (Å²) in [6, 6.07) is 80.4. The Morgan fingerprint density at radius 2 is 1.05 bits per heavy atom. The Bertz CT molecular complexity index is 3860. The molecule has 1 aliphatic heterocycles. The fourth-order valence-corrected chi connectivity index (χ4v) is 12.4. The molecule has 0 amide bonds. The molecule has 2 aromatic heterocycles. The standard InChI is InChI=1S/C59H36N2OS/c1-2-17-38(18-3-1)60(39-32-34-51-45(35-39)42-20-5-9-26-50(42)61(51)52-27-14-29-54-58(52)44-21-6-10-28-53(44)62-54)40-31-33-48-56(36-40)63-55-30-11-8-24-47(55)59(48)46-23-7-4-19-41(46)43-22-12-15-37-16-13-25-49(59)57(37)43/h1-36H. The summed E-state index contributed by atoms with van der Waals surface area (Å²) >= 11 is 1.89. The van der Waals surface area contributed by atoms with Crippen LogP contribution in [0.5, 0.6) is 0 Å². The quantitative estimate of drug-likeness (QED) is 0.176. The molecule has 0 N–H and O–H groups in total. The topological polar surface area (TPSA) is 21.3 Å². The molecule has 0 saturated heterocycles. The van der Waals surface area contributed by atoms with Crippen LogP contribution in [0.25, 0.3) is 71.3 Å². The molecule has 14 rings (SSSR count). The normalized spacial score (nSPS) is 15.0. The highest BCUT2D eigenvalue weighted by Gasteiger charge is 2.48. The Morgan fingerprint density at radius 1 is 0.397 bits per heavy atom. The minimum Gasteiger partial charge on any atom is -0.456 e. The van der Waals surface area contributed by atoms with Gasteiger partial charge in [-0.2, -0.15) is 0 Å². The smallest absolute Gasteiger partial charge is 0.137 e. The van der Waals surface area contributed by atoms with Crippen molar-refractivity contribution in [2.45, 2.75) is 15.2 Å². The lowest BCUT2D eigenvalue weighted by molar-refractivity contribution is 0.669. The van der Waals surface area contributed by atoms with Gasteiger partial charge in [0.15, 0.2) is 0 Å². The molecular formula is C59H36N2OS. The van der Waals surface area contributed by atoms with Crippen molar-refractivity contribution < 1.29 is 4.42 Å². The minimum absolute atomic E-state index is 0.498. The van der Waals surface area contributed by atoms with Gasteiger partial charge in [-0.3, -0.25) is 0 Å². The van der Waals surface area contributed by atoms with Gasteiger partial charge in [0.25, 0.3) is 0 Å². The summed E-state index contributed by atoms with van der Waals surface area (Å²) in [6.07, 6.45) is 0. The van der Waals surface area contributed by atoms with Crippen LogP contribution in [0.4, 0.5) is 17.1 Å². The largest absolute Gasteiger partial charge is 0.456 e. The number of hydrogen-bond donors (Lipinski definition) is 0. The summed E-state index contributed by atoms with van der Waals surface area (Å²) in [5.41, 5.74) is 16.0. The van der Waals surface area contributed by atoms with Gasteiger partial charge in [0, 0.05) is 43.0 Å². The lowest BCUT2D eigenvalue weighted by atomic mass is 9.59. The molecule has 4 heteroatoms. The number of fused-ring (bicyclic) bond motifs is 14. The summed E-state index contributed by atoms with van der Waals surface area (Å²) in [5.74, 6) is 0. The number of nitrogens with zero attached hydrogens (tertiary/aromatic N) is 2. The molecule has 12 aromatic rings. The van der Waals surface area contributed by atoms with Crippen molar-refractivity contribution in [3.63, 3.8) is 0 Å². The molecule has 1 atom stereocenters. The van der Waals surface area contributed by atoms with E-state index < -0.39 is 5.41 Å². The number of para-hydroxylation sites is 3. The molecule has 0 radical (unpaired) electrons. The van der Waals surface area contributed by atoms with E-state index in [1.165, 1.54) is 64.7 Å². The van der Waals surface area contributed by atoms with E-state index in [0.29, 0.717) is 0 Å². The third-order valence-electron chi connectivity index (χ3n) is 13.6. The van der Waals surface area contributed by atoms with Gasteiger partial charge in [0.05, 0.1) is 27.5 Å². The highest BCUT2D eigenvalue weighted by molar-refractivity contribution is 7.99. The number of rotatable bonds is 4. The average molecular weight is 821 g/mol. The predicted molar refractivity (Wildman–Crippen MR) is 262 cm³/mol. The molecule has 0 fully saturated rings. The van der Waals surface area contributed by atoms with Gasteiger partial charge in [-0.05, 0) is 117 Å². The van der Waals surface area contributed by atoms with Crippen LogP contribution < -0.4 is 4.90 Å². The first-order valence-electron chi connectivity index (χ1n) is 21.6.